The molecule has 0 radical (unpaired) electrons. The molecule has 0 bridgehead atoms. The minimum atomic E-state index is -0.912. The van der Waals surface area contributed by atoms with E-state index in [1.807, 2.05) is 35.0 Å². The number of nitrogens with zero attached hydrogens (tertiary/aromatic N) is 4. The third-order valence-electron chi connectivity index (χ3n) is 4.94. The zero-order valence-electron chi connectivity index (χ0n) is 15.4. The Balaban J connectivity index is 1.53. The summed E-state index contributed by atoms with van der Waals surface area (Å²) in [5.74, 6) is -0.0319. The van der Waals surface area contributed by atoms with Crippen molar-refractivity contribution in [1.82, 2.24) is 19.7 Å². The van der Waals surface area contributed by atoms with Gasteiger partial charge >= 0.3 is 5.97 Å². The Morgan fingerprint density at radius 1 is 1.07 bits per heavy atom. The van der Waals surface area contributed by atoms with E-state index < -0.39 is 5.97 Å². The second kappa shape index (κ2) is 8.33. The van der Waals surface area contributed by atoms with Crippen LogP contribution in [0.25, 0.3) is 0 Å². The lowest BCUT2D eigenvalue weighted by molar-refractivity contribution is -0.0173. The summed E-state index contributed by atoms with van der Waals surface area (Å²) in [7, 11) is 0. The first-order chi connectivity index (χ1) is 13.7. The minimum Gasteiger partial charge on any atom is -0.478 e. The predicted molar refractivity (Wildman–Crippen MR) is 103 cm³/mol. The molecule has 3 aromatic rings. The summed E-state index contributed by atoms with van der Waals surface area (Å²) in [6, 6.07) is 17.2. The average molecular weight is 378 g/mol. The van der Waals surface area contributed by atoms with E-state index in [4.69, 9.17) is 9.84 Å². The molecule has 0 amide bonds. The van der Waals surface area contributed by atoms with Gasteiger partial charge in [0.05, 0.1) is 31.4 Å². The Labute approximate surface area is 163 Å². The number of ether oxygens (including phenoxy) is 1. The molecule has 1 aromatic heterocycles. The summed E-state index contributed by atoms with van der Waals surface area (Å²) in [5, 5.41) is 13.5. The number of benzene rings is 2. The monoisotopic (exact) mass is 378 g/mol. The molecule has 2 aromatic carbocycles. The molecule has 1 aliphatic heterocycles. The van der Waals surface area contributed by atoms with E-state index in [9.17, 15) is 4.79 Å². The van der Waals surface area contributed by atoms with E-state index in [0.29, 0.717) is 31.9 Å². The topological polar surface area (TPSA) is 80.5 Å². The second-order valence-corrected chi connectivity index (χ2v) is 6.82. The number of carboxylic acid groups (broad SMARTS) is 1. The van der Waals surface area contributed by atoms with E-state index in [0.717, 1.165) is 17.9 Å². The van der Waals surface area contributed by atoms with E-state index in [1.165, 1.54) is 5.56 Å². The summed E-state index contributed by atoms with van der Waals surface area (Å²) in [4.78, 5) is 17.9. The van der Waals surface area contributed by atoms with Gasteiger partial charge in [0.25, 0.3) is 0 Å². The fourth-order valence-electron chi connectivity index (χ4n) is 3.46. The van der Waals surface area contributed by atoms with Gasteiger partial charge in [0.15, 0.2) is 0 Å². The number of aromatic carboxylic acids is 1. The molecule has 0 aliphatic carbocycles. The van der Waals surface area contributed by atoms with Gasteiger partial charge in [-0.3, -0.25) is 4.90 Å². The molecule has 4 rings (SSSR count). The van der Waals surface area contributed by atoms with Gasteiger partial charge in [-0.2, -0.15) is 5.10 Å². The predicted octanol–water partition coefficient (Wildman–Crippen LogP) is 2.60. The van der Waals surface area contributed by atoms with Gasteiger partial charge < -0.3 is 9.84 Å². The number of carboxylic acids is 1. The maximum atomic E-state index is 11.1. The number of hydrogen-bond acceptors (Lipinski definition) is 5. The number of rotatable bonds is 6. The zero-order valence-corrected chi connectivity index (χ0v) is 15.4. The van der Waals surface area contributed by atoms with Crippen molar-refractivity contribution in [2.24, 2.45) is 0 Å². The standard InChI is InChI=1S/C21H22N4O3/c26-21(27)18-8-6-17(7-9-18)12-24-10-11-28-14-19(24)20-22-15-23-25(20)13-16-4-2-1-3-5-16/h1-9,15,19H,10-14H2,(H,26,27). The summed E-state index contributed by atoms with van der Waals surface area (Å²) in [6.45, 7) is 3.36. The summed E-state index contributed by atoms with van der Waals surface area (Å²) in [6.07, 6.45) is 1.59. The van der Waals surface area contributed by atoms with Gasteiger partial charge in [-0.15, -0.1) is 0 Å². The van der Waals surface area contributed by atoms with Crippen molar-refractivity contribution >= 4 is 5.97 Å². The molecular formula is C21H22N4O3. The van der Waals surface area contributed by atoms with Crippen LogP contribution in [0.1, 0.15) is 33.4 Å². The van der Waals surface area contributed by atoms with Gasteiger partial charge in [-0.25, -0.2) is 14.5 Å². The number of aromatic nitrogens is 3. The largest absolute Gasteiger partial charge is 0.478 e. The molecule has 0 saturated carbocycles. The molecule has 7 nitrogen and oxygen atoms in total. The summed E-state index contributed by atoms with van der Waals surface area (Å²) in [5.41, 5.74) is 2.53. The highest BCUT2D eigenvalue weighted by molar-refractivity contribution is 5.87. The van der Waals surface area contributed by atoms with Crippen molar-refractivity contribution in [1.29, 1.82) is 0 Å². The highest BCUT2D eigenvalue weighted by Crippen LogP contribution is 2.25. The molecule has 28 heavy (non-hydrogen) atoms. The van der Waals surface area contributed by atoms with Crippen molar-refractivity contribution in [2.75, 3.05) is 19.8 Å². The van der Waals surface area contributed by atoms with E-state index in [-0.39, 0.29) is 6.04 Å². The van der Waals surface area contributed by atoms with Crippen LogP contribution in [0.15, 0.2) is 60.9 Å². The van der Waals surface area contributed by atoms with Crippen LogP contribution >= 0.6 is 0 Å². The van der Waals surface area contributed by atoms with Crippen molar-refractivity contribution in [3.63, 3.8) is 0 Å². The first-order valence-electron chi connectivity index (χ1n) is 9.26. The smallest absolute Gasteiger partial charge is 0.335 e. The van der Waals surface area contributed by atoms with Crippen LogP contribution in [0.5, 0.6) is 0 Å². The second-order valence-electron chi connectivity index (χ2n) is 6.82. The molecule has 144 valence electrons. The molecule has 1 saturated heterocycles. The van der Waals surface area contributed by atoms with E-state index >= 15 is 0 Å². The highest BCUT2D eigenvalue weighted by Gasteiger charge is 2.28. The van der Waals surface area contributed by atoms with Crippen LogP contribution < -0.4 is 0 Å². The lowest BCUT2D eigenvalue weighted by atomic mass is 10.1. The minimum absolute atomic E-state index is 0.000822. The molecule has 1 N–H and O–H groups in total. The molecule has 7 heteroatoms. The van der Waals surface area contributed by atoms with Crippen LogP contribution in [0, 0.1) is 0 Å². The molecule has 2 heterocycles. The van der Waals surface area contributed by atoms with Crippen LogP contribution in [0.3, 0.4) is 0 Å². The Bertz CT molecular complexity index is 924. The van der Waals surface area contributed by atoms with Crippen LogP contribution in [-0.4, -0.2) is 50.5 Å². The van der Waals surface area contributed by atoms with Gasteiger partial charge in [0.2, 0.25) is 0 Å². The first kappa shape index (κ1) is 18.3. The third kappa shape index (κ3) is 4.11. The number of morpholine rings is 1. The quantitative estimate of drug-likeness (QED) is 0.710. The maximum Gasteiger partial charge on any atom is 0.335 e. The van der Waals surface area contributed by atoms with Crippen molar-refractivity contribution in [2.45, 2.75) is 19.1 Å². The lowest BCUT2D eigenvalue weighted by Crippen LogP contribution is -2.40. The molecule has 1 aliphatic rings. The third-order valence-corrected chi connectivity index (χ3v) is 4.94. The van der Waals surface area contributed by atoms with E-state index in [1.54, 1.807) is 18.5 Å². The number of hydrogen-bond donors (Lipinski definition) is 1. The lowest BCUT2D eigenvalue weighted by Gasteiger charge is -2.35. The van der Waals surface area contributed by atoms with E-state index in [2.05, 4.69) is 27.1 Å². The van der Waals surface area contributed by atoms with Crippen molar-refractivity contribution in [3.05, 3.63) is 83.4 Å². The fraction of sp³-hybridized carbons (Fsp3) is 0.286. The van der Waals surface area contributed by atoms with Gasteiger partial charge in [-0.05, 0) is 23.3 Å². The molecule has 0 spiro atoms. The number of carbonyl (C=O) groups is 1. The molecule has 1 unspecified atom stereocenters. The van der Waals surface area contributed by atoms with Crippen molar-refractivity contribution < 1.29 is 14.6 Å². The fourth-order valence-corrected chi connectivity index (χ4v) is 3.46. The Hall–Kier alpha value is -3.03. The maximum absolute atomic E-state index is 11.1. The first-order valence-corrected chi connectivity index (χ1v) is 9.26. The molecular weight excluding hydrogens is 356 g/mol. The summed E-state index contributed by atoms with van der Waals surface area (Å²) >= 11 is 0. The van der Waals surface area contributed by atoms with Gasteiger partial charge in [-0.1, -0.05) is 42.5 Å². The molecule has 1 fully saturated rings. The van der Waals surface area contributed by atoms with Crippen LogP contribution in [0.4, 0.5) is 0 Å². The SMILES string of the molecule is O=C(O)c1ccc(CN2CCOCC2c2ncnn2Cc2ccccc2)cc1. The Morgan fingerprint density at radius 2 is 1.82 bits per heavy atom. The normalized spacial score (nSPS) is 17.5. The Morgan fingerprint density at radius 3 is 2.57 bits per heavy atom. The highest BCUT2D eigenvalue weighted by atomic mass is 16.5. The summed E-state index contributed by atoms with van der Waals surface area (Å²) < 4.78 is 7.65. The molecule has 1 atom stereocenters. The Kier molecular flexibility index (Phi) is 5.45. The van der Waals surface area contributed by atoms with Crippen LogP contribution in [0.2, 0.25) is 0 Å². The average Bonchev–Trinajstić information content (AvgIpc) is 3.17. The zero-order chi connectivity index (χ0) is 19.3. The van der Waals surface area contributed by atoms with Gasteiger partial charge in [0, 0.05) is 13.1 Å². The van der Waals surface area contributed by atoms with Crippen molar-refractivity contribution in [3.8, 4) is 0 Å². The van der Waals surface area contributed by atoms with Gasteiger partial charge in [0.1, 0.15) is 12.2 Å². The van der Waals surface area contributed by atoms with Crippen LogP contribution in [-0.2, 0) is 17.8 Å².